The minimum atomic E-state index is -2.60. The zero-order chi connectivity index (χ0) is 12.8. The van der Waals surface area contributed by atoms with Crippen LogP contribution in [0.2, 0.25) is 0 Å². The fourth-order valence-electron chi connectivity index (χ4n) is 1.24. The van der Waals surface area contributed by atoms with E-state index in [2.05, 4.69) is 4.98 Å². The monoisotopic (exact) mass is 195 g/mol. The first-order valence-corrected chi connectivity index (χ1v) is 3.79. The number of fused-ring (bicyclic) bond motifs is 1. The maximum absolute atomic E-state index is 11.5. The summed E-state index contributed by atoms with van der Waals surface area (Å²) in [5.74, 6) is -1.14. The normalized spacial score (nSPS) is 14.7. The number of hydrogen-bond acceptors (Lipinski definition) is 2. The average Bonchev–Trinajstić information content (AvgIpc) is 2.51. The van der Waals surface area contributed by atoms with Gasteiger partial charge < -0.3 is 10.1 Å². The summed E-state index contributed by atoms with van der Waals surface area (Å²) in [7, 11) is 0. The van der Waals surface area contributed by atoms with Gasteiger partial charge in [-0.15, -0.1) is 0 Å². The van der Waals surface area contributed by atoms with Crippen LogP contribution in [0.1, 0.15) is 14.5 Å². The molecule has 1 aromatic heterocycles. The molecule has 72 valence electrons. The minimum absolute atomic E-state index is 0.0172. The molecule has 0 bridgehead atoms. The van der Waals surface area contributed by atoms with Crippen molar-refractivity contribution in [1.29, 1.82) is 0 Å². The summed E-state index contributed by atoms with van der Waals surface area (Å²) in [5, 5.41) is 8.77. The molecule has 5 nitrogen and oxygen atoms in total. The average molecular weight is 195 g/mol. The Morgan fingerprint density at radius 1 is 1.64 bits per heavy atom. The van der Waals surface area contributed by atoms with Crippen molar-refractivity contribution in [3.8, 4) is 0 Å². The number of hydrogen-bond donors (Lipinski definition) is 2. The lowest BCUT2D eigenvalue weighted by molar-refractivity contribution is 0.0697. The Hall–Kier alpha value is -2.04. The fourth-order valence-corrected chi connectivity index (χ4v) is 1.24. The summed E-state index contributed by atoms with van der Waals surface area (Å²) in [4.78, 5) is 24.5. The van der Waals surface area contributed by atoms with Crippen molar-refractivity contribution in [2.75, 3.05) is 0 Å². The van der Waals surface area contributed by atoms with Gasteiger partial charge >= 0.3 is 11.7 Å². The number of rotatable bonds is 1. The molecule has 0 radical (unpaired) electrons. The molecule has 2 aromatic rings. The molecule has 5 heteroatoms. The minimum Gasteiger partial charge on any atom is -0.478 e. The summed E-state index contributed by atoms with van der Waals surface area (Å²) >= 11 is 0. The molecule has 14 heavy (non-hydrogen) atoms. The van der Waals surface area contributed by atoms with Crippen molar-refractivity contribution < 1.29 is 14.0 Å². The first-order valence-electron chi connectivity index (χ1n) is 5.29. The highest BCUT2D eigenvalue weighted by atomic mass is 16.4. The summed E-state index contributed by atoms with van der Waals surface area (Å²) in [6.45, 7) is -2.60. The second-order valence-corrected chi connectivity index (χ2v) is 2.80. The molecule has 0 fully saturated rings. The third-order valence-corrected chi connectivity index (χ3v) is 1.93. The largest absolute Gasteiger partial charge is 0.478 e. The topological polar surface area (TPSA) is 75.1 Å². The van der Waals surface area contributed by atoms with Gasteiger partial charge in [-0.25, -0.2) is 9.59 Å². The Morgan fingerprint density at radius 3 is 3.07 bits per heavy atom. The van der Waals surface area contributed by atoms with E-state index in [4.69, 9.17) is 9.22 Å². The van der Waals surface area contributed by atoms with Crippen molar-refractivity contribution in [1.82, 2.24) is 9.55 Å². The van der Waals surface area contributed by atoms with E-state index in [0.717, 1.165) is 0 Å². The van der Waals surface area contributed by atoms with Crippen molar-refractivity contribution >= 4 is 17.0 Å². The van der Waals surface area contributed by atoms with Crippen molar-refractivity contribution in [2.24, 2.45) is 6.98 Å². The molecule has 0 amide bonds. The predicted molar refractivity (Wildman–Crippen MR) is 50.5 cm³/mol. The molecule has 0 spiro atoms. The summed E-state index contributed by atoms with van der Waals surface area (Å²) in [5.41, 5.74) is -0.468. The Kier molecular flexibility index (Phi) is 1.10. The fraction of sp³-hybridized carbons (Fsp3) is 0.111. The molecule has 2 rings (SSSR count). The Bertz CT molecular complexity index is 654. The first-order chi connectivity index (χ1) is 7.80. The highest BCUT2D eigenvalue weighted by molar-refractivity contribution is 5.92. The molecule has 1 aromatic carbocycles. The molecule has 0 saturated heterocycles. The third kappa shape index (κ3) is 1.10. The summed E-state index contributed by atoms with van der Waals surface area (Å²) < 4.78 is 22.3. The van der Waals surface area contributed by atoms with Crippen LogP contribution in [0.3, 0.4) is 0 Å². The van der Waals surface area contributed by atoms with Gasteiger partial charge in [-0.1, -0.05) is 0 Å². The van der Waals surface area contributed by atoms with Gasteiger partial charge in [0, 0.05) is 11.1 Å². The van der Waals surface area contributed by atoms with Crippen LogP contribution in [-0.2, 0) is 6.98 Å². The molecule has 0 saturated carbocycles. The van der Waals surface area contributed by atoms with Crippen LogP contribution in [0.4, 0.5) is 0 Å². The highest BCUT2D eigenvalue weighted by Gasteiger charge is 2.07. The standard InChI is InChI=1S/C9H8N2O3/c1-11-7-3-2-5(8(12)13)4-6(7)10-9(11)14/h2-4H,1H3,(H,10,14)(H,12,13)/i1D3. The number of carbonyl (C=O) groups is 1. The molecule has 0 aliphatic heterocycles. The number of carboxylic acids is 1. The van der Waals surface area contributed by atoms with Crippen LogP contribution in [-0.4, -0.2) is 20.6 Å². The lowest BCUT2D eigenvalue weighted by Crippen LogP contribution is -2.11. The number of H-pyrrole nitrogens is 1. The van der Waals surface area contributed by atoms with Gasteiger partial charge in [0.1, 0.15) is 0 Å². The van der Waals surface area contributed by atoms with Crippen molar-refractivity contribution in [3.05, 3.63) is 34.2 Å². The zero-order valence-corrected chi connectivity index (χ0v) is 6.94. The second-order valence-electron chi connectivity index (χ2n) is 2.80. The molecule has 0 unspecified atom stereocenters. The van der Waals surface area contributed by atoms with Crippen molar-refractivity contribution in [3.63, 3.8) is 0 Å². The second kappa shape index (κ2) is 2.73. The molecular formula is C9H8N2O3. The summed E-state index contributed by atoms with van der Waals surface area (Å²) in [6, 6.07) is 3.77. The number of carboxylic acid groups (broad SMARTS) is 1. The van der Waals surface area contributed by atoms with Crippen LogP contribution in [0.5, 0.6) is 0 Å². The van der Waals surface area contributed by atoms with E-state index in [1.54, 1.807) is 0 Å². The van der Waals surface area contributed by atoms with Gasteiger partial charge in [0.05, 0.1) is 16.6 Å². The molecular weight excluding hydrogens is 184 g/mol. The van der Waals surface area contributed by atoms with E-state index >= 15 is 0 Å². The number of imidazole rings is 1. The van der Waals surface area contributed by atoms with E-state index in [-0.39, 0.29) is 16.6 Å². The van der Waals surface area contributed by atoms with E-state index in [1.807, 2.05) is 0 Å². The van der Waals surface area contributed by atoms with E-state index in [0.29, 0.717) is 4.57 Å². The number of nitrogens with zero attached hydrogens (tertiary/aromatic N) is 1. The van der Waals surface area contributed by atoms with Crippen LogP contribution in [0.25, 0.3) is 11.0 Å². The van der Waals surface area contributed by atoms with E-state index < -0.39 is 18.6 Å². The van der Waals surface area contributed by atoms with Crippen LogP contribution >= 0.6 is 0 Å². The molecule has 1 heterocycles. The molecule has 0 atom stereocenters. The number of aromatic nitrogens is 2. The van der Waals surface area contributed by atoms with E-state index in [9.17, 15) is 9.59 Å². The lowest BCUT2D eigenvalue weighted by atomic mass is 10.2. The number of aryl methyl sites for hydroxylation is 1. The Balaban J connectivity index is 2.78. The van der Waals surface area contributed by atoms with E-state index in [1.165, 1.54) is 18.2 Å². The van der Waals surface area contributed by atoms with Gasteiger partial charge in [0.15, 0.2) is 0 Å². The predicted octanol–water partition coefficient (Wildman–Crippen LogP) is 0.565. The quantitative estimate of drug-likeness (QED) is 0.698. The van der Waals surface area contributed by atoms with Gasteiger partial charge in [-0.2, -0.15) is 0 Å². The zero-order valence-electron chi connectivity index (χ0n) is 9.94. The molecule has 0 aliphatic carbocycles. The van der Waals surface area contributed by atoms with Crippen LogP contribution in [0.15, 0.2) is 23.0 Å². The van der Waals surface area contributed by atoms with Gasteiger partial charge in [-0.3, -0.25) is 4.57 Å². The lowest BCUT2D eigenvalue weighted by Gasteiger charge is -1.95. The smallest absolute Gasteiger partial charge is 0.335 e. The maximum Gasteiger partial charge on any atom is 0.335 e. The van der Waals surface area contributed by atoms with Gasteiger partial charge in [0.2, 0.25) is 0 Å². The first kappa shape index (κ1) is 5.64. The van der Waals surface area contributed by atoms with Gasteiger partial charge in [-0.05, 0) is 18.2 Å². The number of nitrogens with one attached hydrogen (secondary N) is 1. The van der Waals surface area contributed by atoms with Crippen LogP contribution in [0, 0.1) is 0 Å². The molecule has 2 N–H and O–H groups in total. The Morgan fingerprint density at radius 2 is 2.43 bits per heavy atom. The molecule has 0 aliphatic rings. The third-order valence-electron chi connectivity index (χ3n) is 1.93. The van der Waals surface area contributed by atoms with Crippen LogP contribution < -0.4 is 5.69 Å². The number of aromatic amines is 1. The maximum atomic E-state index is 11.5. The number of benzene rings is 1. The Labute approximate surface area is 82.8 Å². The van der Waals surface area contributed by atoms with Crippen molar-refractivity contribution in [2.45, 2.75) is 0 Å². The summed E-state index contributed by atoms with van der Waals surface area (Å²) in [6.07, 6.45) is 0. The SMILES string of the molecule is [2H]C([2H])([2H])n1c(=O)[nH]c2cc(C(=O)O)ccc21. The number of aromatic carboxylic acids is 1. The highest BCUT2D eigenvalue weighted by Crippen LogP contribution is 2.11. The van der Waals surface area contributed by atoms with Gasteiger partial charge in [0.25, 0.3) is 0 Å².